The summed E-state index contributed by atoms with van der Waals surface area (Å²) in [5, 5.41) is -0.0419. The number of hydrogen-bond acceptors (Lipinski definition) is 1. The van der Waals surface area contributed by atoms with Gasteiger partial charge in [0.05, 0.1) is 5.92 Å². The van der Waals surface area contributed by atoms with E-state index < -0.39 is 28.5 Å². The highest BCUT2D eigenvalue weighted by Crippen LogP contribution is 2.64. The largest absolute Gasteiger partial charge is 0.369 e. The first-order chi connectivity index (χ1) is 8.26. The Hall–Kier alpha value is -0.580. The van der Waals surface area contributed by atoms with Crippen molar-refractivity contribution < 1.29 is 13.6 Å². The maximum Gasteiger partial charge on any atom is 0.265 e. The highest BCUT2D eigenvalue weighted by molar-refractivity contribution is 6.53. The van der Waals surface area contributed by atoms with Crippen molar-refractivity contribution in [2.45, 2.75) is 16.7 Å². The lowest BCUT2D eigenvalue weighted by Gasteiger charge is -2.06. The third-order valence-electron chi connectivity index (χ3n) is 2.97. The summed E-state index contributed by atoms with van der Waals surface area (Å²) < 4.78 is 24.1. The van der Waals surface area contributed by atoms with Gasteiger partial charge in [-0.15, -0.1) is 23.2 Å². The Labute approximate surface area is 117 Å². The molecule has 7 heteroatoms. The summed E-state index contributed by atoms with van der Waals surface area (Å²) in [6, 6.07) is 4.06. The zero-order valence-electron chi connectivity index (χ0n) is 8.84. The van der Waals surface area contributed by atoms with E-state index in [1.165, 1.54) is 18.2 Å². The molecular formula is C11H8Cl3F2NO. The summed E-state index contributed by atoms with van der Waals surface area (Å²) in [6.45, 7) is 0. The van der Waals surface area contributed by atoms with Gasteiger partial charge >= 0.3 is 0 Å². The monoisotopic (exact) mass is 313 g/mol. The van der Waals surface area contributed by atoms with Crippen molar-refractivity contribution in [3.63, 3.8) is 0 Å². The van der Waals surface area contributed by atoms with Crippen LogP contribution in [0.15, 0.2) is 18.2 Å². The van der Waals surface area contributed by atoms with Crippen molar-refractivity contribution >= 4 is 40.7 Å². The molecule has 1 aliphatic carbocycles. The summed E-state index contributed by atoms with van der Waals surface area (Å²) in [7, 11) is 0. The third kappa shape index (κ3) is 2.17. The quantitative estimate of drug-likeness (QED) is 0.850. The maximum atomic E-state index is 12.7. The Bertz CT molecular complexity index is 507. The van der Waals surface area contributed by atoms with Crippen LogP contribution in [0.25, 0.3) is 0 Å². The van der Waals surface area contributed by atoms with E-state index in [1.54, 1.807) is 0 Å². The van der Waals surface area contributed by atoms with Crippen LogP contribution in [0.5, 0.6) is 0 Å². The number of carbonyl (C=O) groups is 1. The molecular weight excluding hydrogens is 306 g/mol. The first-order valence-electron chi connectivity index (χ1n) is 5.01. The number of alkyl halides is 4. The number of hydrogen-bond donors (Lipinski definition) is 1. The number of halogens is 5. The summed E-state index contributed by atoms with van der Waals surface area (Å²) in [4.78, 5) is 11.1. The molecule has 1 aliphatic rings. The Morgan fingerprint density at radius 3 is 2.44 bits per heavy atom. The van der Waals surface area contributed by atoms with Crippen LogP contribution in [0.2, 0.25) is 5.02 Å². The molecule has 98 valence electrons. The molecule has 0 saturated heterocycles. The Kier molecular flexibility index (Phi) is 3.47. The molecule has 2 rings (SSSR count). The Balaban J connectivity index is 2.37. The van der Waals surface area contributed by atoms with Gasteiger partial charge in [-0.1, -0.05) is 17.7 Å². The van der Waals surface area contributed by atoms with E-state index in [2.05, 4.69) is 0 Å². The normalized spacial score (nSPS) is 25.2. The number of nitrogens with two attached hydrogens (primary N) is 1. The van der Waals surface area contributed by atoms with Gasteiger partial charge in [-0.05, 0) is 17.7 Å². The van der Waals surface area contributed by atoms with E-state index in [9.17, 15) is 13.6 Å². The molecule has 1 aromatic carbocycles. The predicted molar refractivity (Wildman–Crippen MR) is 66.3 cm³/mol. The van der Waals surface area contributed by atoms with Crippen LogP contribution in [0.3, 0.4) is 0 Å². The fraction of sp³-hybridized carbons (Fsp3) is 0.364. The minimum atomic E-state index is -2.71. The molecule has 0 radical (unpaired) electrons. The second-order valence-corrected chi connectivity index (χ2v) is 5.97. The number of carbonyl (C=O) groups excluding carboxylic acids is 1. The van der Waals surface area contributed by atoms with Crippen molar-refractivity contribution in [1.29, 1.82) is 0 Å². The number of primary amides is 1. The summed E-state index contributed by atoms with van der Waals surface area (Å²) in [5.41, 5.74) is 5.27. The van der Waals surface area contributed by atoms with E-state index in [1.807, 2.05) is 0 Å². The minimum Gasteiger partial charge on any atom is -0.369 e. The van der Waals surface area contributed by atoms with Crippen molar-refractivity contribution in [3.8, 4) is 0 Å². The molecule has 2 nitrogen and oxygen atoms in total. The number of benzene rings is 1. The van der Waals surface area contributed by atoms with Gasteiger partial charge in [-0.25, -0.2) is 8.78 Å². The Morgan fingerprint density at radius 1 is 1.39 bits per heavy atom. The average molecular weight is 315 g/mol. The van der Waals surface area contributed by atoms with Crippen molar-refractivity contribution in [1.82, 2.24) is 0 Å². The van der Waals surface area contributed by atoms with E-state index >= 15 is 0 Å². The summed E-state index contributed by atoms with van der Waals surface area (Å²) >= 11 is 17.5. The molecule has 2 N–H and O–H groups in total. The molecule has 0 aliphatic heterocycles. The van der Waals surface area contributed by atoms with Crippen LogP contribution in [-0.2, 0) is 4.79 Å². The van der Waals surface area contributed by atoms with Crippen molar-refractivity contribution in [2.75, 3.05) is 0 Å². The van der Waals surface area contributed by atoms with Gasteiger partial charge < -0.3 is 5.73 Å². The lowest BCUT2D eigenvalue weighted by molar-refractivity contribution is -0.119. The van der Waals surface area contributed by atoms with Gasteiger partial charge in [0, 0.05) is 16.5 Å². The number of rotatable bonds is 3. The standard InChI is InChI=1S/C11H8Cl3F2NO/c12-6-2-1-4(3-5(6)9(15)16)7-8(10(17)18)11(7,13)14/h1-3,7-9H,(H2,17,18). The van der Waals surface area contributed by atoms with Crippen LogP contribution in [0, 0.1) is 5.92 Å². The molecule has 0 bridgehead atoms. The summed E-state index contributed by atoms with van der Waals surface area (Å²) in [5.74, 6) is -2.00. The van der Waals surface area contributed by atoms with Gasteiger partial charge in [0.1, 0.15) is 4.33 Å². The van der Waals surface area contributed by atoms with Gasteiger partial charge in [0.2, 0.25) is 5.91 Å². The molecule has 0 heterocycles. The topological polar surface area (TPSA) is 43.1 Å². The molecule has 2 atom stereocenters. The molecule has 1 aromatic rings. The van der Waals surface area contributed by atoms with E-state index in [4.69, 9.17) is 40.5 Å². The lowest BCUT2D eigenvalue weighted by Crippen LogP contribution is -2.16. The molecule has 0 spiro atoms. The SMILES string of the molecule is NC(=O)C1C(c2ccc(Cl)c(C(F)F)c2)C1(Cl)Cl. The highest BCUT2D eigenvalue weighted by atomic mass is 35.5. The lowest BCUT2D eigenvalue weighted by atomic mass is 10.1. The van der Waals surface area contributed by atoms with Gasteiger partial charge in [0.15, 0.2) is 0 Å². The molecule has 2 unspecified atom stereocenters. The second kappa shape index (κ2) is 4.51. The zero-order chi connectivity index (χ0) is 13.7. The van der Waals surface area contributed by atoms with Crippen LogP contribution in [-0.4, -0.2) is 10.2 Å². The van der Waals surface area contributed by atoms with Gasteiger partial charge in [-0.2, -0.15) is 0 Å². The number of amides is 1. The zero-order valence-corrected chi connectivity index (χ0v) is 11.1. The van der Waals surface area contributed by atoms with E-state index in [0.29, 0.717) is 5.56 Å². The predicted octanol–water partition coefficient (Wildman–Crippen LogP) is 3.65. The highest BCUT2D eigenvalue weighted by Gasteiger charge is 2.67. The van der Waals surface area contributed by atoms with E-state index in [-0.39, 0.29) is 10.6 Å². The summed E-state index contributed by atoms with van der Waals surface area (Å²) in [6.07, 6.45) is -2.71. The van der Waals surface area contributed by atoms with Crippen LogP contribution in [0.1, 0.15) is 23.5 Å². The van der Waals surface area contributed by atoms with Crippen molar-refractivity contribution in [3.05, 3.63) is 34.3 Å². The smallest absolute Gasteiger partial charge is 0.265 e. The van der Waals surface area contributed by atoms with Crippen LogP contribution < -0.4 is 5.73 Å². The molecule has 1 fully saturated rings. The third-order valence-corrected chi connectivity index (χ3v) is 4.26. The van der Waals surface area contributed by atoms with Crippen LogP contribution in [0.4, 0.5) is 8.78 Å². The maximum absolute atomic E-state index is 12.7. The fourth-order valence-corrected chi connectivity index (χ4v) is 3.06. The molecule has 18 heavy (non-hydrogen) atoms. The van der Waals surface area contributed by atoms with Gasteiger partial charge in [0.25, 0.3) is 6.43 Å². The van der Waals surface area contributed by atoms with Crippen LogP contribution >= 0.6 is 34.8 Å². The molecule has 1 amide bonds. The molecule has 0 aromatic heterocycles. The van der Waals surface area contributed by atoms with Gasteiger partial charge in [-0.3, -0.25) is 4.79 Å². The molecule has 1 saturated carbocycles. The first-order valence-corrected chi connectivity index (χ1v) is 6.14. The first kappa shape index (κ1) is 13.8. The average Bonchev–Trinajstić information content (AvgIpc) is 2.82. The van der Waals surface area contributed by atoms with E-state index in [0.717, 1.165) is 0 Å². The second-order valence-electron chi connectivity index (χ2n) is 4.11. The minimum absolute atomic E-state index is 0.0419. The van der Waals surface area contributed by atoms with Crippen molar-refractivity contribution in [2.24, 2.45) is 11.7 Å². The Morgan fingerprint density at radius 2 is 2.00 bits per heavy atom. The fourth-order valence-electron chi connectivity index (χ4n) is 2.02.